The Balaban J connectivity index is -0.000000853. The topological polar surface area (TPSA) is 80.3 Å². The number of hydrogen-bond acceptors (Lipinski definition) is 6. The molecule has 208 valence electrons. The molecular weight excluding hydrogens is 583 g/mol. The van der Waals surface area contributed by atoms with Crippen molar-refractivity contribution in [2.75, 3.05) is 11.5 Å². The van der Waals surface area contributed by atoms with Gasteiger partial charge >= 0.3 is 172 Å². The van der Waals surface area contributed by atoms with Crippen LogP contribution in [-0.2, 0) is 9.59 Å². The minimum absolute atomic E-state index is 0.0377. The second kappa shape index (κ2) is 39.0. The van der Waals surface area contributed by atoms with E-state index in [2.05, 4.69) is 39.1 Å². The van der Waals surface area contributed by atoms with Crippen molar-refractivity contribution in [1.82, 2.24) is 0 Å². The van der Waals surface area contributed by atoms with Gasteiger partial charge in [0.1, 0.15) is 0 Å². The smallest absolute Gasteiger partial charge is 0.549 e. The summed E-state index contributed by atoms with van der Waals surface area (Å²) in [6, 6.07) is 0. The van der Waals surface area contributed by atoms with E-state index < -0.39 is 11.9 Å². The van der Waals surface area contributed by atoms with E-state index in [1.54, 1.807) is 21.7 Å². The van der Waals surface area contributed by atoms with E-state index in [1.165, 1.54) is 116 Å². The van der Waals surface area contributed by atoms with Crippen LogP contribution in [0.15, 0.2) is 0 Å². The molecule has 0 aliphatic heterocycles. The van der Waals surface area contributed by atoms with E-state index in [4.69, 9.17) is 0 Å². The van der Waals surface area contributed by atoms with Gasteiger partial charge in [-0.25, -0.2) is 0 Å². The fourth-order valence-electron chi connectivity index (χ4n) is 3.60. The Labute approximate surface area is 239 Å². The summed E-state index contributed by atoms with van der Waals surface area (Å²) in [5.74, 6) is -2.65. The van der Waals surface area contributed by atoms with E-state index in [0.29, 0.717) is 0 Å². The number of carboxylic acids is 2. The number of aliphatic carboxylic acids is 2. The molecule has 0 atom stereocenters. The monoisotopic (exact) mass is 640 g/mol. The molecule has 0 spiro atoms. The van der Waals surface area contributed by atoms with Gasteiger partial charge in [0, 0.05) is 11.5 Å². The Hall–Kier alpha value is 0.439. The Bertz CT molecular complexity index is 376. The van der Waals surface area contributed by atoms with E-state index in [0.717, 1.165) is 0 Å². The van der Waals surface area contributed by atoms with Crippen molar-refractivity contribution >= 4 is 58.3 Å². The predicted molar refractivity (Wildman–Crippen MR) is 157 cm³/mol. The van der Waals surface area contributed by atoms with Gasteiger partial charge in [-0.3, -0.25) is 0 Å². The molecule has 0 saturated carbocycles. The van der Waals surface area contributed by atoms with Crippen molar-refractivity contribution in [2.45, 2.75) is 151 Å². The van der Waals surface area contributed by atoms with Gasteiger partial charge < -0.3 is 19.8 Å². The molecule has 0 fully saturated rings. The Kier molecular flexibility index (Phi) is 44.5. The van der Waals surface area contributed by atoms with Gasteiger partial charge in [-0.15, -0.1) is 0 Å². The molecule has 0 radical (unpaired) electrons. The van der Waals surface area contributed by atoms with Gasteiger partial charge in [-0.05, 0) is 0 Å². The van der Waals surface area contributed by atoms with Crippen molar-refractivity contribution in [3.05, 3.63) is 0 Å². The van der Waals surface area contributed by atoms with Crippen LogP contribution in [0.25, 0.3) is 0 Å². The zero-order valence-corrected chi connectivity index (χ0v) is 27.6. The molecule has 4 nitrogen and oxygen atoms in total. The summed E-state index contributed by atoms with van der Waals surface area (Å²) in [5, 5.41) is 18.4. The number of hydrogen-bond donors (Lipinski definition) is 2. The number of carboxylic acid groups (broad SMARTS) is 2. The van der Waals surface area contributed by atoms with E-state index in [1.807, 2.05) is 0 Å². The second-order valence-electron chi connectivity index (χ2n) is 9.17. The van der Waals surface area contributed by atoms with Crippen molar-refractivity contribution in [2.24, 2.45) is 0 Å². The zero-order valence-electron chi connectivity index (χ0n) is 23.0. The van der Waals surface area contributed by atoms with Crippen LogP contribution in [0.4, 0.5) is 0 Å². The van der Waals surface area contributed by atoms with Crippen LogP contribution in [0.5, 0.6) is 0 Å². The Morgan fingerprint density at radius 1 is 0.486 bits per heavy atom. The maximum absolute atomic E-state index is 9.18. The molecule has 0 aromatic rings. The summed E-state index contributed by atoms with van der Waals surface area (Å²) in [4.78, 5) is 18.4. The van der Waals surface area contributed by atoms with Crippen LogP contribution in [0, 0.1) is 0 Å². The van der Waals surface area contributed by atoms with Gasteiger partial charge in [0.25, 0.3) is 0 Å². The van der Waals surface area contributed by atoms with Crippen LogP contribution < -0.4 is 10.2 Å². The SMILES string of the molecule is CCCCCCCCCCC[CH2][Sn+2][CH2]CCCCCCCCCCC.O=C([O-])CS.O=C([O-])CS. The second-order valence-corrected chi connectivity index (χ2v) is 14.1. The molecule has 35 heavy (non-hydrogen) atoms. The summed E-state index contributed by atoms with van der Waals surface area (Å²) < 4.78 is 3.33. The molecule has 0 bridgehead atoms. The minimum Gasteiger partial charge on any atom is -0.549 e. The molecule has 0 rings (SSSR count). The molecule has 0 amide bonds. The van der Waals surface area contributed by atoms with Crippen LogP contribution in [0.3, 0.4) is 0 Å². The first-order valence-corrected chi connectivity index (χ1v) is 19.6. The summed E-state index contributed by atoms with van der Waals surface area (Å²) >= 11 is 6.74. The number of rotatable bonds is 24. The van der Waals surface area contributed by atoms with E-state index in [-0.39, 0.29) is 32.6 Å². The molecule has 0 aromatic carbocycles. The summed E-state index contributed by atoms with van der Waals surface area (Å²) in [5.41, 5.74) is 0. The predicted octanol–water partition coefficient (Wildman–Crippen LogP) is 6.70. The van der Waals surface area contributed by atoms with Gasteiger partial charge in [0.2, 0.25) is 0 Å². The third-order valence-electron chi connectivity index (χ3n) is 5.67. The fourth-order valence-corrected chi connectivity index (χ4v) is 7.17. The van der Waals surface area contributed by atoms with Crippen molar-refractivity contribution < 1.29 is 19.8 Å². The van der Waals surface area contributed by atoms with Gasteiger partial charge in [-0.1, -0.05) is 0 Å². The van der Waals surface area contributed by atoms with Crippen molar-refractivity contribution in [1.29, 1.82) is 0 Å². The number of thiol groups is 2. The quantitative estimate of drug-likeness (QED) is 0.0700. The molecular formula is C28H56O4S2Sn. The minimum atomic E-state index is -1.13. The van der Waals surface area contributed by atoms with Gasteiger partial charge in [0.05, 0.1) is 11.9 Å². The van der Waals surface area contributed by atoms with Crippen LogP contribution in [-0.4, -0.2) is 44.6 Å². The fraction of sp³-hybridized carbons (Fsp3) is 0.929. The molecule has 0 saturated heterocycles. The first kappa shape index (κ1) is 39.9. The molecule has 0 aliphatic rings. The van der Waals surface area contributed by atoms with E-state index >= 15 is 0 Å². The maximum atomic E-state index is 9.18. The number of unbranched alkanes of at least 4 members (excludes halogenated alkanes) is 18. The summed E-state index contributed by atoms with van der Waals surface area (Å²) in [6.45, 7) is 4.61. The van der Waals surface area contributed by atoms with Crippen LogP contribution >= 0.6 is 25.3 Å². The Morgan fingerprint density at radius 2 is 0.686 bits per heavy atom. The van der Waals surface area contributed by atoms with Crippen LogP contribution in [0.2, 0.25) is 8.87 Å². The first-order chi connectivity index (χ1) is 17.0. The third-order valence-corrected chi connectivity index (χ3v) is 10.2. The summed E-state index contributed by atoms with van der Waals surface area (Å²) in [7, 11) is 0. The van der Waals surface area contributed by atoms with Gasteiger partial charge in [-0.2, -0.15) is 25.3 Å². The average molecular weight is 640 g/mol. The standard InChI is InChI=1S/2C12H25.2C2H4O2S.Sn/c2*1-3-5-7-9-11-12-10-8-6-4-2;2*3-2(4)1-5;/h2*1,3-12H2,2H3;2*5H,1H2,(H,3,4);/q;;;;+2/p-2. The zero-order chi connectivity index (χ0) is 26.8. The molecule has 0 aliphatic carbocycles. The average Bonchev–Trinajstić information content (AvgIpc) is 2.85. The van der Waals surface area contributed by atoms with E-state index in [9.17, 15) is 19.8 Å². The number of carbonyl (C=O) groups excluding carboxylic acids is 2. The molecule has 0 N–H and O–H groups in total. The van der Waals surface area contributed by atoms with Gasteiger partial charge in [0.15, 0.2) is 0 Å². The molecule has 0 heterocycles. The first-order valence-electron chi connectivity index (χ1n) is 14.3. The molecule has 7 heteroatoms. The molecule has 0 unspecified atom stereocenters. The van der Waals surface area contributed by atoms with Crippen molar-refractivity contribution in [3.8, 4) is 0 Å². The Morgan fingerprint density at radius 3 is 0.886 bits per heavy atom. The summed E-state index contributed by atoms with van der Waals surface area (Å²) in [6.07, 6.45) is 29.8. The normalized spacial score (nSPS) is 9.94. The van der Waals surface area contributed by atoms with Crippen molar-refractivity contribution in [3.63, 3.8) is 0 Å². The van der Waals surface area contributed by atoms with Crippen LogP contribution in [0.1, 0.15) is 142 Å². The number of carbonyl (C=O) groups is 2. The molecule has 0 aromatic heterocycles. The third kappa shape index (κ3) is 51.8.